The van der Waals surface area contributed by atoms with E-state index in [1.54, 1.807) is 6.92 Å². The topological polar surface area (TPSA) is 141 Å². The van der Waals surface area contributed by atoms with E-state index in [1.165, 1.54) is 25.6 Å². The molecule has 15 heteroatoms. The number of amides is 1. The average Bonchev–Trinajstić information content (AvgIpc) is 3.38. The molecule has 1 aromatic carbocycles. The van der Waals surface area contributed by atoms with Crippen molar-refractivity contribution in [3.63, 3.8) is 0 Å². The second-order valence-corrected chi connectivity index (χ2v) is 10.9. The molecule has 0 radical (unpaired) electrons. The molecule has 3 heterocycles. The Morgan fingerprint density at radius 3 is 2.39 bits per heavy atom. The highest BCUT2D eigenvalue weighted by atomic mass is 32.2. The van der Waals surface area contributed by atoms with Gasteiger partial charge in [0, 0.05) is 35.4 Å². The van der Waals surface area contributed by atoms with Gasteiger partial charge in [0.05, 0.1) is 12.9 Å². The number of alkyl halides is 3. The Balaban J connectivity index is 1.83. The van der Waals surface area contributed by atoms with Crippen LogP contribution in [-0.4, -0.2) is 51.9 Å². The molecule has 1 amide bonds. The molecule has 0 atom stereocenters. The molecule has 11 nitrogen and oxygen atoms in total. The lowest BCUT2D eigenvalue weighted by atomic mass is 10.1. The predicted octanol–water partition coefficient (Wildman–Crippen LogP) is 4.58. The van der Waals surface area contributed by atoms with Crippen molar-refractivity contribution in [3.8, 4) is 22.8 Å². The third-order valence-corrected chi connectivity index (χ3v) is 7.11. The van der Waals surface area contributed by atoms with Crippen LogP contribution in [0.15, 0.2) is 48.9 Å². The summed E-state index contributed by atoms with van der Waals surface area (Å²) in [6.07, 6.45) is -0.692. The zero-order valence-electron chi connectivity index (χ0n) is 22.4. The van der Waals surface area contributed by atoms with Crippen molar-refractivity contribution < 1.29 is 31.1 Å². The molecule has 41 heavy (non-hydrogen) atoms. The molecule has 0 aliphatic rings. The molecule has 216 valence electrons. The van der Waals surface area contributed by atoms with Gasteiger partial charge in [0.1, 0.15) is 5.56 Å². The number of hydrogen-bond acceptors (Lipinski definition) is 9. The standard InChI is InChI=1S/C26H26F3N7O4S/c1-5-8-41(38,39)35-23(37)19-12-17(13-30-24(19)40-4)20-14-31-25(32-18-10-15(2)9-16(3)11-18)33-22(20)36-7-6-21(34-36)26(27,28)29/h6-7,9-14H,5,8H2,1-4H3,(H,35,37)(H,31,32,33). The Hall–Kier alpha value is -4.53. The highest BCUT2D eigenvalue weighted by molar-refractivity contribution is 7.90. The number of anilines is 2. The number of ether oxygens (including phenoxy) is 1. The van der Waals surface area contributed by atoms with Gasteiger partial charge in [-0.15, -0.1) is 0 Å². The number of aryl methyl sites for hydroxylation is 2. The predicted molar refractivity (Wildman–Crippen MR) is 145 cm³/mol. The summed E-state index contributed by atoms with van der Waals surface area (Å²) in [6.45, 7) is 5.47. The fourth-order valence-electron chi connectivity index (χ4n) is 4.02. The van der Waals surface area contributed by atoms with Gasteiger partial charge in [0.2, 0.25) is 21.9 Å². The van der Waals surface area contributed by atoms with E-state index in [0.717, 1.165) is 28.1 Å². The van der Waals surface area contributed by atoms with E-state index < -0.39 is 27.8 Å². The lowest BCUT2D eigenvalue weighted by molar-refractivity contribution is -0.141. The van der Waals surface area contributed by atoms with Gasteiger partial charge < -0.3 is 10.1 Å². The molecule has 3 aromatic heterocycles. The average molecular weight is 590 g/mol. The third kappa shape index (κ3) is 6.98. The van der Waals surface area contributed by atoms with Crippen LogP contribution in [0.4, 0.5) is 24.8 Å². The van der Waals surface area contributed by atoms with Crippen molar-refractivity contribution >= 4 is 27.6 Å². The van der Waals surface area contributed by atoms with Crippen LogP contribution < -0.4 is 14.8 Å². The number of rotatable bonds is 9. The summed E-state index contributed by atoms with van der Waals surface area (Å²) in [4.78, 5) is 25.7. The van der Waals surface area contributed by atoms with Crippen LogP contribution >= 0.6 is 0 Å². The minimum Gasteiger partial charge on any atom is -0.480 e. The fourth-order valence-corrected chi connectivity index (χ4v) is 5.05. The molecule has 0 unspecified atom stereocenters. The molecule has 0 bridgehead atoms. The Bertz CT molecular complexity index is 1690. The monoisotopic (exact) mass is 589 g/mol. The summed E-state index contributed by atoms with van der Waals surface area (Å²) in [5.41, 5.74) is 1.61. The maximum atomic E-state index is 13.4. The van der Waals surface area contributed by atoms with E-state index in [-0.39, 0.29) is 46.5 Å². The number of halogens is 3. The van der Waals surface area contributed by atoms with Crippen LogP contribution in [0.25, 0.3) is 16.9 Å². The van der Waals surface area contributed by atoms with Crippen molar-refractivity contribution in [3.05, 3.63) is 71.3 Å². The van der Waals surface area contributed by atoms with Crippen LogP contribution in [-0.2, 0) is 16.2 Å². The summed E-state index contributed by atoms with van der Waals surface area (Å²) >= 11 is 0. The molecule has 0 aliphatic heterocycles. The molecule has 0 spiro atoms. The number of hydrogen-bond donors (Lipinski definition) is 2. The zero-order valence-corrected chi connectivity index (χ0v) is 23.3. The van der Waals surface area contributed by atoms with Crippen molar-refractivity contribution in [2.45, 2.75) is 33.4 Å². The molecular weight excluding hydrogens is 563 g/mol. The molecule has 4 aromatic rings. The van der Waals surface area contributed by atoms with Gasteiger partial charge in [-0.2, -0.15) is 23.3 Å². The number of pyridine rings is 1. The Kier molecular flexibility index (Phi) is 8.28. The van der Waals surface area contributed by atoms with Gasteiger partial charge in [-0.05, 0) is 55.7 Å². The van der Waals surface area contributed by atoms with E-state index in [1.807, 2.05) is 36.8 Å². The number of carbonyl (C=O) groups is 1. The van der Waals surface area contributed by atoms with E-state index in [2.05, 4.69) is 25.4 Å². The zero-order chi connectivity index (χ0) is 29.9. The summed E-state index contributed by atoms with van der Waals surface area (Å²) < 4.78 is 72.5. The van der Waals surface area contributed by atoms with Crippen molar-refractivity contribution in [2.75, 3.05) is 18.2 Å². The maximum Gasteiger partial charge on any atom is 0.435 e. The first-order valence-electron chi connectivity index (χ1n) is 12.2. The molecular formula is C26H26F3N7O4S. The Labute approximate surface area is 233 Å². The van der Waals surface area contributed by atoms with Gasteiger partial charge in [0.25, 0.3) is 5.91 Å². The summed E-state index contributed by atoms with van der Waals surface area (Å²) in [5, 5.41) is 6.69. The number of methoxy groups -OCH3 is 1. The number of benzene rings is 1. The van der Waals surface area contributed by atoms with E-state index in [9.17, 15) is 26.4 Å². The smallest absolute Gasteiger partial charge is 0.435 e. The molecule has 4 rings (SSSR count). The van der Waals surface area contributed by atoms with Gasteiger partial charge in [-0.1, -0.05) is 13.0 Å². The normalized spacial score (nSPS) is 11.8. The van der Waals surface area contributed by atoms with Crippen LogP contribution in [0.1, 0.15) is 40.5 Å². The van der Waals surface area contributed by atoms with E-state index >= 15 is 0 Å². The SMILES string of the molecule is CCCS(=O)(=O)NC(=O)c1cc(-c2cnc(Nc3cc(C)cc(C)c3)nc2-n2ccc(C(F)(F)F)n2)cnc1OC. The van der Waals surface area contributed by atoms with Crippen LogP contribution in [0.5, 0.6) is 5.88 Å². The first-order valence-corrected chi connectivity index (χ1v) is 13.9. The Morgan fingerprint density at radius 1 is 1.07 bits per heavy atom. The molecule has 0 aliphatic carbocycles. The second kappa shape index (κ2) is 11.5. The van der Waals surface area contributed by atoms with Gasteiger partial charge in [0.15, 0.2) is 11.5 Å². The minimum absolute atomic E-state index is 0.0562. The van der Waals surface area contributed by atoms with Crippen molar-refractivity contribution in [2.24, 2.45) is 0 Å². The summed E-state index contributed by atoms with van der Waals surface area (Å²) in [6, 6.07) is 7.76. The molecule has 0 saturated heterocycles. The number of sulfonamides is 1. The highest BCUT2D eigenvalue weighted by Crippen LogP contribution is 2.32. The maximum absolute atomic E-state index is 13.4. The number of nitrogens with one attached hydrogen (secondary N) is 2. The van der Waals surface area contributed by atoms with Crippen LogP contribution in [0.2, 0.25) is 0 Å². The quantitative estimate of drug-likeness (QED) is 0.287. The lowest BCUT2D eigenvalue weighted by Crippen LogP contribution is -2.32. The van der Waals surface area contributed by atoms with Crippen LogP contribution in [0.3, 0.4) is 0 Å². The largest absolute Gasteiger partial charge is 0.480 e. The number of nitrogens with zero attached hydrogens (tertiary/aromatic N) is 5. The van der Waals surface area contributed by atoms with Crippen molar-refractivity contribution in [1.82, 2.24) is 29.5 Å². The molecule has 0 saturated carbocycles. The first-order chi connectivity index (χ1) is 19.3. The Morgan fingerprint density at radius 2 is 1.78 bits per heavy atom. The lowest BCUT2D eigenvalue weighted by Gasteiger charge is -2.14. The highest BCUT2D eigenvalue weighted by Gasteiger charge is 2.34. The summed E-state index contributed by atoms with van der Waals surface area (Å²) in [7, 11) is -2.67. The second-order valence-electron chi connectivity index (χ2n) is 9.11. The number of aromatic nitrogens is 5. The van der Waals surface area contributed by atoms with Crippen molar-refractivity contribution in [1.29, 1.82) is 0 Å². The first kappa shape index (κ1) is 29.5. The van der Waals surface area contributed by atoms with E-state index in [4.69, 9.17) is 4.74 Å². The van der Waals surface area contributed by atoms with Gasteiger partial charge in [-0.3, -0.25) is 4.79 Å². The number of carbonyl (C=O) groups excluding carboxylic acids is 1. The van der Waals surface area contributed by atoms with Gasteiger partial charge in [-0.25, -0.2) is 27.8 Å². The third-order valence-electron chi connectivity index (χ3n) is 5.66. The van der Waals surface area contributed by atoms with Crippen LogP contribution in [0, 0.1) is 13.8 Å². The van der Waals surface area contributed by atoms with Gasteiger partial charge >= 0.3 is 6.18 Å². The fraction of sp³-hybridized carbons (Fsp3) is 0.269. The molecule has 2 N–H and O–H groups in total. The summed E-state index contributed by atoms with van der Waals surface area (Å²) in [5.74, 6) is -1.41. The van der Waals surface area contributed by atoms with E-state index in [0.29, 0.717) is 5.69 Å². The minimum atomic E-state index is -4.70. The molecule has 0 fully saturated rings.